The van der Waals surface area contributed by atoms with Crippen LogP contribution in [0.15, 0.2) is 35.6 Å². The van der Waals surface area contributed by atoms with E-state index in [2.05, 4.69) is 25.6 Å². The first-order valence-corrected chi connectivity index (χ1v) is 12.0. The molecule has 3 rings (SSSR count). The maximum atomic E-state index is 13.6. The number of pyridine rings is 1. The minimum atomic E-state index is -5.11. The number of carbonyl (C=O) groups is 1. The number of esters is 1. The van der Waals surface area contributed by atoms with Crippen LogP contribution in [0.2, 0.25) is 0 Å². The monoisotopic (exact) mass is 615 g/mol. The molecular formula is C24H26F9N7O2. The molecule has 2 aromatic rings. The number of hydrazone groups is 1. The normalized spacial score (nSPS) is 15.4. The van der Waals surface area contributed by atoms with Crippen molar-refractivity contribution in [2.75, 3.05) is 28.3 Å². The summed E-state index contributed by atoms with van der Waals surface area (Å²) >= 11 is 0. The van der Waals surface area contributed by atoms with Gasteiger partial charge in [0.25, 0.3) is 0 Å². The summed E-state index contributed by atoms with van der Waals surface area (Å²) in [5.41, 5.74) is -2.14. The van der Waals surface area contributed by atoms with Crippen LogP contribution in [0.3, 0.4) is 0 Å². The van der Waals surface area contributed by atoms with E-state index in [4.69, 9.17) is 0 Å². The van der Waals surface area contributed by atoms with Crippen LogP contribution in [-0.4, -0.2) is 60.3 Å². The predicted octanol–water partition coefficient (Wildman–Crippen LogP) is 4.53. The van der Waals surface area contributed by atoms with Crippen LogP contribution >= 0.6 is 0 Å². The molecule has 0 spiro atoms. The molecule has 1 aromatic heterocycles. The van der Waals surface area contributed by atoms with Gasteiger partial charge in [0.05, 0.1) is 42.0 Å². The number of hydrazine groups is 2. The number of ether oxygens (including phenoxy) is 1. The van der Waals surface area contributed by atoms with E-state index in [1.54, 1.807) is 0 Å². The second kappa shape index (κ2) is 12.2. The summed E-state index contributed by atoms with van der Waals surface area (Å²) in [6.45, 7) is -1.16. The molecule has 1 unspecified atom stereocenters. The van der Waals surface area contributed by atoms with Gasteiger partial charge in [-0.2, -0.15) is 39.5 Å². The third-order valence-corrected chi connectivity index (χ3v) is 6.22. The fourth-order valence-electron chi connectivity index (χ4n) is 4.02. The summed E-state index contributed by atoms with van der Waals surface area (Å²) in [4.78, 5) is 17.0. The zero-order valence-electron chi connectivity index (χ0n) is 22.5. The van der Waals surface area contributed by atoms with Crippen molar-refractivity contribution in [1.29, 1.82) is 0 Å². The fraction of sp³-hybridized carbons (Fsp3) is 0.458. The van der Waals surface area contributed by atoms with Gasteiger partial charge < -0.3 is 15.0 Å². The Labute approximate surface area is 233 Å². The van der Waals surface area contributed by atoms with Gasteiger partial charge in [-0.25, -0.2) is 5.12 Å². The third kappa shape index (κ3) is 7.93. The van der Waals surface area contributed by atoms with Gasteiger partial charge in [0, 0.05) is 33.4 Å². The van der Waals surface area contributed by atoms with E-state index in [1.807, 2.05) is 0 Å². The number of benzene rings is 1. The summed E-state index contributed by atoms with van der Waals surface area (Å²) in [7, 11) is 5.49. The Morgan fingerprint density at radius 3 is 1.98 bits per heavy atom. The molecule has 0 saturated heterocycles. The average Bonchev–Trinajstić information content (AvgIpc) is 3.22. The second-order valence-corrected chi connectivity index (χ2v) is 9.21. The number of rotatable bonds is 8. The van der Waals surface area contributed by atoms with E-state index in [0.29, 0.717) is 18.3 Å². The smallest absolute Gasteiger partial charge is 0.417 e. The summed E-state index contributed by atoms with van der Waals surface area (Å²) in [5.74, 6) is -0.809. The Kier molecular flexibility index (Phi) is 9.51. The molecule has 0 radical (unpaired) electrons. The van der Waals surface area contributed by atoms with Crippen molar-refractivity contribution in [2.24, 2.45) is 5.10 Å². The third-order valence-electron chi connectivity index (χ3n) is 6.22. The van der Waals surface area contributed by atoms with Crippen molar-refractivity contribution in [3.63, 3.8) is 0 Å². The van der Waals surface area contributed by atoms with Crippen LogP contribution in [0.4, 0.5) is 39.5 Å². The number of guanidine groups is 1. The molecule has 0 amide bonds. The maximum absolute atomic E-state index is 13.6. The number of methoxy groups -OCH3 is 1. The molecule has 9 nitrogen and oxygen atoms in total. The SMILES string of the molecule is CNC(CC(=O)OC)c1ncc(C(F)(F)F)cc1CN(Cc1cc(C(F)(F)F)cc(C(F)(F)F)c1)C1=NN(C)N(C)N1. The molecule has 2 heterocycles. The van der Waals surface area contributed by atoms with Crippen molar-refractivity contribution >= 4 is 11.9 Å². The molecule has 1 aromatic carbocycles. The molecular weight excluding hydrogens is 589 g/mol. The van der Waals surface area contributed by atoms with Crippen molar-refractivity contribution in [3.05, 3.63) is 64.0 Å². The molecule has 1 aliphatic heterocycles. The lowest BCUT2D eigenvalue weighted by Gasteiger charge is -2.28. The quantitative estimate of drug-likeness (QED) is 0.331. The summed E-state index contributed by atoms with van der Waals surface area (Å²) in [6.07, 6.45) is -14.9. The number of halogens is 9. The molecule has 18 heteroatoms. The molecule has 0 bridgehead atoms. The average molecular weight is 616 g/mol. The lowest BCUT2D eigenvalue weighted by atomic mass is 10.0. The number of hydrogen-bond donors (Lipinski definition) is 2. The zero-order chi connectivity index (χ0) is 31.6. The molecule has 2 N–H and O–H groups in total. The molecule has 1 aliphatic rings. The Balaban J connectivity index is 2.16. The summed E-state index contributed by atoms with van der Waals surface area (Å²) in [5, 5.41) is 9.47. The Hall–Kier alpha value is -3.80. The van der Waals surface area contributed by atoms with Crippen LogP contribution in [0.5, 0.6) is 0 Å². The van der Waals surface area contributed by atoms with Gasteiger partial charge in [-0.15, -0.1) is 10.2 Å². The molecule has 0 aliphatic carbocycles. The number of carbonyl (C=O) groups excluding carboxylic acids is 1. The standard InChI is InChI=1S/C24H26F9N7O2/c1-34-18(9-19(41)42-4)20-14(7-17(10-35-20)24(31,32)33)12-40(21-36-38(2)39(3)37-21)11-13-5-15(22(25,26)27)8-16(6-13)23(28,29)30/h5-8,10,18,34H,9,11-12H2,1-4H3,(H,36,37). The van der Waals surface area contributed by atoms with E-state index in [9.17, 15) is 44.3 Å². The van der Waals surface area contributed by atoms with E-state index in [-0.39, 0.29) is 29.7 Å². The van der Waals surface area contributed by atoms with E-state index >= 15 is 0 Å². The number of nitrogens with zero attached hydrogens (tertiary/aromatic N) is 5. The number of alkyl halides is 9. The number of aromatic nitrogens is 1. The fourth-order valence-corrected chi connectivity index (χ4v) is 4.02. The minimum absolute atomic E-state index is 0.0266. The van der Waals surface area contributed by atoms with Crippen molar-refractivity contribution in [1.82, 2.24) is 30.9 Å². The highest BCUT2D eigenvalue weighted by Crippen LogP contribution is 2.37. The highest BCUT2D eigenvalue weighted by atomic mass is 19.4. The van der Waals surface area contributed by atoms with E-state index < -0.39 is 65.9 Å². The van der Waals surface area contributed by atoms with E-state index in [1.165, 1.54) is 31.4 Å². The van der Waals surface area contributed by atoms with Crippen molar-refractivity contribution < 1.29 is 49.0 Å². The van der Waals surface area contributed by atoms with Gasteiger partial charge in [0.1, 0.15) is 0 Å². The molecule has 1 atom stereocenters. The van der Waals surface area contributed by atoms with Gasteiger partial charge in [-0.05, 0) is 42.4 Å². The van der Waals surface area contributed by atoms with Crippen LogP contribution < -0.4 is 10.7 Å². The minimum Gasteiger partial charge on any atom is -0.469 e. The van der Waals surface area contributed by atoms with Gasteiger partial charge >= 0.3 is 24.5 Å². The Morgan fingerprint density at radius 2 is 1.52 bits per heavy atom. The zero-order valence-corrected chi connectivity index (χ0v) is 22.5. The van der Waals surface area contributed by atoms with E-state index in [0.717, 1.165) is 18.1 Å². The number of hydrogen-bond acceptors (Lipinski definition) is 9. The first-order valence-electron chi connectivity index (χ1n) is 12.0. The Bertz CT molecular complexity index is 1280. The van der Waals surface area contributed by atoms with Crippen LogP contribution in [0, 0.1) is 0 Å². The van der Waals surface area contributed by atoms with Crippen molar-refractivity contribution in [3.8, 4) is 0 Å². The van der Waals surface area contributed by atoms with Gasteiger partial charge in [-0.3, -0.25) is 15.2 Å². The van der Waals surface area contributed by atoms with Crippen LogP contribution in [0.1, 0.15) is 46.0 Å². The Morgan fingerprint density at radius 1 is 0.952 bits per heavy atom. The summed E-state index contributed by atoms with van der Waals surface area (Å²) in [6, 6.07) is 0.798. The summed E-state index contributed by atoms with van der Waals surface area (Å²) < 4.78 is 127. The van der Waals surface area contributed by atoms with Gasteiger partial charge in [0.2, 0.25) is 5.96 Å². The number of nitrogens with one attached hydrogen (secondary N) is 2. The predicted molar refractivity (Wildman–Crippen MR) is 129 cm³/mol. The molecule has 42 heavy (non-hydrogen) atoms. The topological polar surface area (TPSA) is 85.3 Å². The van der Waals surface area contributed by atoms with Crippen LogP contribution in [-0.2, 0) is 41.1 Å². The molecule has 0 fully saturated rings. The van der Waals surface area contributed by atoms with Crippen molar-refractivity contribution in [2.45, 2.75) is 44.1 Å². The first kappa shape index (κ1) is 32.7. The molecule has 232 valence electrons. The first-order chi connectivity index (χ1) is 19.3. The molecule has 0 saturated carbocycles. The van der Waals surface area contributed by atoms with Gasteiger partial charge in [0.15, 0.2) is 0 Å². The highest BCUT2D eigenvalue weighted by molar-refractivity contribution is 5.80. The highest BCUT2D eigenvalue weighted by Gasteiger charge is 2.38. The second-order valence-electron chi connectivity index (χ2n) is 9.21. The lowest BCUT2D eigenvalue weighted by molar-refractivity contribution is -0.143. The largest absolute Gasteiger partial charge is 0.469 e. The maximum Gasteiger partial charge on any atom is 0.417 e. The van der Waals surface area contributed by atoms with Crippen LogP contribution in [0.25, 0.3) is 0 Å². The lowest BCUT2D eigenvalue weighted by Crippen LogP contribution is -2.45. The van der Waals surface area contributed by atoms with Gasteiger partial charge in [-0.1, -0.05) is 0 Å².